The van der Waals surface area contributed by atoms with Crippen LogP contribution >= 0.6 is 23.2 Å². The fourth-order valence-electron chi connectivity index (χ4n) is 3.25. The van der Waals surface area contributed by atoms with Crippen LogP contribution in [0.3, 0.4) is 0 Å². The number of amides is 1. The molecule has 7 nitrogen and oxygen atoms in total. The molecule has 0 aromatic heterocycles. The Bertz CT molecular complexity index is 963. The highest BCUT2D eigenvalue weighted by Gasteiger charge is 2.34. The van der Waals surface area contributed by atoms with Gasteiger partial charge in [0.05, 0.1) is 21.0 Å². The number of nitrogens with zero attached hydrogens (tertiary/aromatic N) is 1. The van der Waals surface area contributed by atoms with E-state index < -0.39 is 28.9 Å². The van der Waals surface area contributed by atoms with Crippen LogP contribution in [-0.2, 0) is 16.0 Å². The SMILES string of the molecule is CC(=O)O[C@@H]1CCc2ccc([N+](=O)[O-])cc2[C@H]1NC(=O)c1ccc(Cl)c(Cl)c1. The molecule has 0 heterocycles. The average molecular weight is 423 g/mol. The Morgan fingerprint density at radius 1 is 1.18 bits per heavy atom. The number of aryl methyl sites for hydroxylation is 1. The summed E-state index contributed by atoms with van der Waals surface area (Å²) < 4.78 is 5.37. The minimum atomic E-state index is -0.727. The summed E-state index contributed by atoms with van der Waals surface area (Å²) in [5, 5.41) is 14.5. The predicted octanol–water partition coefficient (Wildman–Crippen LogP) is 4.25. The van der Waals surface area contributed by atoms with Gasteiger partial charge in [0.1, 0.15) is 6.10 Å². The highest BCUT2D eigenvalue weighted by atomic mass is 35.5. The van der Waals surface area contributed by atoms with E-state index in [1.165, 1.54) is 37.3 Å². The Morgan fingerprint density at radius 2 is 1.93 bits per heavy atom. The number of carbonyl (C=O) groups is 2. The van der Waals surface area contributed by atoms with Gasteiger partial charge in [0, 0.05) is 24.6 Å². The van der Waals surface area contributed by atoms with E-state index in [4.69, 9.17) is 27.9 Å². The molecule has 1 amide bonds. The van der Waals surface area contributed by atoms with Crippen LogP contribution in [0.25, 0.3) is 0 Å². The van der Waals surface area contributed by atoms with Crippen LogP contribution in [0.5, 0.6) is 0 Å². The number of ether oxygens (including phenoxy) is 1. The molecular weight excluding hydrogens is 407 g/mol. The lowest BCUT2D eigenvalue weighted by Crippen LogP contribution is -2.41. The third-order valence-corrected chi connectivity index (χ3v) is 5.27. The Hall–Kier alpha value is -2.64. The average Bonchev–Trinajstić information content (AvgIpc) is 2.64. The zero-order valence-corrected chi connectivity index (χ0v) is 16.3. The molecule has 0 saturated carbocycles. The Morgan fingerprint density at radius 3 is 2.57 bits per heavy atom. The zero-order chi connectivity index (χ0) is 20.4. The van der Waals surface area contributed by atoms with Crippen LogP contribution in [0.15, 0.2) is 36.4 Å². The van der Waals surface area contributed by atoms with E-state index >= 15 is 0 Å². The molecule has 0 saturated heterocycles. The second kappa shape index (κ2) is 8.16. The molecule has 28 heavy (non-hydrogen) atoms. The van der Waals surface area contributed by atoms with Crippen molar-refractivity contribution in [3.8, 4) is 0 Å². The lowest BCUT2D eigenvalue weighted by atomic mass is 9.85. The molecule has 0 bridgehead atoms. The molecule has 3 rings (SSSR count). The fraction of sp³-hybridized carbons (Fsp3) is 0.263. The first-order chi connectivity index (χ1) is 13.3. The van der Waals surface area contributed by atoms with Crippen molar-refractivity contribution in [2.45, 2.75) is 31.9 Å². The molecule has 1 aliphatic rings. The number of nitro benzene ring substituents is 1. The summed E-state index contributed by atoms with van der Waals surface area (Å²) in [5.74, 6) is -0.951. The number of fused-ring (bicyclic) bond motifs is 1. The van der Waals surface area contributed by atoms with E-state index in [-0.39, 0.29) is 16.3 Å². The summed E-state index contributed by atoms with van der Waals surface area (Å²) in [7, 11) is 0. The molecule has 9 heteroatoms. The molecule has 0 spiro atoms. The van der Waals surface area contributed by atoms with E-state index in [2.05, 4.69) is 5.32 Å². The number of halogens is 2. The van der Waals surface area contributed by atoms with Gasteiger partial charge in [-0.2, -0.15) is 0 Å². The van der Waals surface area contributed by atoms with Crippen LogP contribution < -0.4 is 5.32 Å². The first kappa shape index (κ1) is 20.1. The lowest BCUT2D eigenvalue weighted by Gasteiger charge is -2.33. The summed E-state index contributed by atoms with van der Waals surface area (Å²) in [5.41, 5.74) is 1.58. The van der Waals surface area contributed by atoms with Crippen molar-refractivity contribution in [1.29, 1.82) is 0 Å². The number of esters is 1. The van der Waals surface area contributed by atoms with Gasteiger partial charge in [0.15, 0.2) is 0 Å². The molecule has 1 aliphatic carbocycles. The van der Waals surface area contributed by atoms with E-state index in [0.717, 1.165) is 5.56 Å². The summed E-state index contributed by atoms with van der Waals surface area (Å²) >= 11 is 11.9. The number of benzene rings is 2. The summed E-state index contributed by atoms with van der Waals surface area (Å²) in [6.07, 6.45) is 0.417. The van der Waals surface area contributed by atoms with E-state index in [1.807, 2.05) is 0 Å². The van der Waals surface area contributed by atoms with Crippen molar-refractivity contribution in [2.24, 2.45) is 0 Å². The fourth-order valence-corrected chi connectivity index (χ4v) is 3.55. The van der Waals surface area contributed by atoms with Crippen molar-refractivity contribution in [2.75, 3.05) is 0 Å². The standard InChI is InChI=1S/C19H16Cl2N2O5/c1-10(24)28-17-7-4-11-2-5-13(23(26)27)9-14(11)18(17)22-19(25)12-3-6-15(20)16(21)8-12/h2-3,5-6,8-9,17-18H,4,7H2,1H3,(H,22,25)/t17-,18-/m1/s1. The lowest BCUT2D eigenvalue weighted by molar-refractivity contribution is -0.385. The number of carbonyl (C=O) groups excluding carboxylic acids is 2. The smallest absolute Gasteiger partial charge is 0.302 e. The third kappa shape index (κ3) is 4.26. The van der Waals surface area contributed by atoms with Gasteiger partial charge in [0.2, 0.25) is 0 Å². The number of hydrogen-bond donors (Lipinski definition) is 1. The monoisotopic (exact) mass is 422 g/mol. The van der Waals surface area contributed by atoms with Crippen molar-refractivity contribution in [3.05, 3.63) is 73.2 Å². The molecule has 146 valence electrons. The number of non-ortho nitro benzene ring substituents is 1. The number of nitrogens with one attached hydrogen (secondary N) is 1. The Kier molecular flexibility index (Phi) is 5.86. The van der Waals surface area contributed by atoms with Gasteiger partial charge in [-0.25, -0.2) is 0 Å². The minimum Gasteiger partial charge on any atom is -0.460 e. The van der Waals surface area contributed by atoms with Crippen LogP contribution in [0.4, 0.5) is 5.69 Å². The highest BCUT2D eigenvalue weighted by Crippen LogP contribution is 2.35. The zero-order valence-electron chi connectivity index (χ0n) is 14.8. The van der Waals surface area contributed by atoms with Crippen molar-refractivity contribution in [3.63, 3.8) is 0 Å². The van der Waals surface area contributed by atoms with E-state index in [0.29, 0.717) is 23.4 Å². The van der Waals surface area contributed by atoms with Crippen molar-refractivity contribution >= 4 is 40.8 Å². The maximum atomic E-state index is 12.7. The van der Waals surface area contributed by atoms with Crippen LogP contribution in [-0.4, -0.2) is 22.9 Å². The molecule has 2 aromatic carbocycles. The highest BCUT2D eigenvalue weighted by molar-refractivity contribution is 6.42. The van der Waals surface area contributed by atoms with Gasteiger partial charge in [-0.1, -0.05) is 29.3 Å². The normalized spacial score (nSPS) is 18.1. The molecule has 2 atom stereocenters. The quantitative estimate of drug-likeness (QED) is 0.450. The second-order valence-electron chi connectivity index (χ2n) is 6.41. The summed E-state index contributed by atoms with van der Waals surface area (Å²) in [6, 6.07) is 8.21. The Labute approximate surface area is 170 Å². The third-order valence-electron chi connectivity index (χ3n) is 4.53. The molecule has 0 aliphatic heterocycles. The summed E-state index contributed by atoms with van der Waals surface area (Å²) in [6.45, 7) is 1.28. The first-order valence-electron chi connectivity index (χ1n) is 8.46. The van der Waals surface area contributed by atoms with Gasteiger partial charge >= 0.3 is 5.97 Å². The molecule has 2 aromatic rings. The van der Waals surface area contributed by atoms with Crippen LogP contribution in [0.2, 0.25) is 10.0 Å². The molecule has 0 unspecified atom stereocenters. The second-order valence-corrected chi connectivity index (χ2v) is 7.22. The molecule has 1 N–H and O–H groups in total. The molecular formula is C19H16Cl2N2O5. The summed E-state index contributed by atoms with van der Waals surface area (Å²) in [4.78, 5) is 34.9. The van der Waals surface area contributed by atoms with E-state index in [1.54, 1.807) is 6.07 Å². The Balaban J connectivity index is 1.97. The number of nitro groups is 1. The number of rotatable bonds is 4. The van der Waals surface area contributed by atoms with Crippen molar-refractivity contribution in [1.82, 2.24) is 5.32 Å². The maximum Gasteiger partial charge on any atom is 0.302 e. The van der Waals surface area contributed by atoms with Crippen LogP contribution in [0, 0.1) is 10.1 Å². The number of hydrogen-bond acceptors (Lipinski definition) is 5. The van der Waals surface area contributed by atoms with Gasteiger partial charge < -0.3 is 10.1 Å². The molecule has 0 fully saturated rings. The van der Waals surface area contributed by atoms with Gasteiger partial charge in [0.25, 0.3) is 11.6 Å². The maximum absolute atomic E-state index is 12.7. The van der Waals surface area contributed by atoms with Gasteiger partial charge in [-0.15, -0.1) is 0 Å². The minimum absolute atomic E-state index is 0.101. The van der Waals surface area contributed by atoms with Crippen molar-refractivity contribution < 1.29 is 19.2 Å². The predicted molar refractivity (Wildman–Crippen MR) is 104 cm³/mol. The van der Waals surface area contributed by atoms with Crippen LogP contribution in [0.1, 0.15) is 40.9 Å². The van der Waals surface area contributed by atoms with Gasteiger partial charge in [-0.05, 0) is 42.2 Å². The molecule has 0 radical (unpaired) electrons. The van der Waals surface area contributed by atoms with Gasteiger partial charge in [-0.3, -0.25) is 19.7 Å². The van der Waals surface area contributed by atoms with E-state index in [9.17, 15) is 19.7 Å². The first-order valence-corrected chi connectivity index (χ1v) is 9.22. The largest absolute Gasteiger partial charge is 0.460 e. The topological polar surface area (TPSA) is 98.5 Å².